The standard InChI is InChI=1S/C12H11BrN2O3/c1-2-7-5-8(13)3-4-9(7)15-6-10(16)11(14-15)12(17)18/h3-6,16H,2H2,1H3,(H,17,18). The molecule has 0 fully saturated rings. The van der Waals surface area contributed by atoms with Gasteiger partial charge in [-0.15, -0.1) is 0 Å². The molecule has 0 aliphatic rings. The lowest BCUT2D eigenvalue weighted by molar-refractivity contribution is 0.0687. The van der Waals surface area contributed by atoms with E-state index in [2.05, 4.69) is 21.0 Å². The summed E-state index contributed by atoms with van der Waals surface area (Å²) in [6.07, 6.45) is 2.07. The van der Waals surface area contributed by atoms with Crippen LogP contribution in [0.2, 0.25) is 0 Å². The highest BCUT2D eigenvalue weighted by molar-refractivity contribution is 9.10. The molecule has 0 amide bonds. The van der Waals surface area contributed by atoms with Crippen molar-refractivity contribution in [1.29, 1.82) is 0 Å². The van der Waals surface area contributed by atoms with Gasteiger partial charge in [-0.25, -0.2) is 9.48 Å². The van der Waals surface area contributed by atoms with Gasteiger partial charge in [0.2, 0.25) is 5.69 Å². The van der Waals surface area contributed by atoms with Crippen molar-refractivity contribution in [2.24, 2.45) is 0 Å². The van der Waals surface area contributed by atoms with Crippen LogP contribution in [0.25, 0.3) is 5.69 Å². The second kappa shape index (κ2) is 4.81. The zero-order chi connectivity index (χ0) is 13.3. The first kappa shape index (κ1) is 12.6. The number of aromatic carboxylic acids is 1. The Morgan fingerprint density at radius 1 is 1.50 bits per heavy atom. The van der Waals surface area contributed by atoms with E-state index in [4.69, 9.17) is 5.11 Å². The molecular weight excluding hydrogens is 300 g/mol. The average molecular weight is 311 g/mol. The third kappa shape index (κ3) is 2.24. The van der Waals surface area contributed by atoms with Crippen LogP contribution in [0.15, 0.2) is 28.9 Å². The van der Waals surface area contributed by atoms with E-state index < -0.39 is 5.97 Å². The molecule has 0 radical (unpaired) electrons. The maximum atomic E-state index is 10.8. The van der Waals surface area contributed by atoms with Crippen molar-refractivity contribution in [3.63, 3.8) is 0 Å². The molecule has 0 saturated heterocycles. The van der Waals surface area contributed by atoms with Gasteiger partial charge in [-0.2, -0.15) is 5.10 Å². The molecule has 0 aliphatic heterocycles. The van der Waals surface area contributed by atoms with Crippen LogP contribution in [-0.4, -0.2) is 26.0 Å². The first-order valence-corrected chi connectivity index (χ1v) is 6.13. The van der Waals surface area contributed by atoms with Gasteiger partial charge in [-0.05, 0) is 30.2 Å². The fourth-order valence-electron chi connectivity index (χ4n) is 1.70. The molecule has 1 heterocycles. The first-order valence-electron chi connectivity index (χ1n) is 5.33. The molecule has 5 nitrogen and oxygen atoms in total. The fraction of sp³-hybridized carbons (Fsp3) is 0.167. The Hall–Kier alpha value is -1.82. The number of halogens is 1. The van der Waals surface area contributed by atoms with E-state index in [1.165, 1.54) is 10.9 Å². The molecule has 0 unspecified atom stereocenters. The van der Waals surface area contributed by atoms with E-state index in [0.29, 0.717) is 0 Å². The summed E-state index contributed by atoms with van der Waals surface area (Å²) in [7, 11) is 0. The maximum absolute atomic E-state index is 10.8. The quantitative estimate of drug-likeness (QED) is 0.913. The summed E-state index contributed by atoms with van der Waals surface area (Å²) in [6.45, 7) is 1.99. The lowest BCUT2D eigenvalue weighted by Gasteiger charge is -2.07. The summed E-state index contributed by atoms with van der Waals surface area (Å²) in [4.78, 5) is 10.8. The van der Waals surface area contributed by atoms with Gasteiger partial charge in [-0.3, -0.25) is 0 Å². The molecule has 2 aromatic rings. The summed E-state index contributed by atoms with van der Waals surface area (Å²) < 4.78 is 2.32. The van der Waals surface area contributed by atoms with Crippen molar-refractivity contribution >= 4 is 21.9 Å². The molecule has 94 valence electrons. The number of aromatic hydroxyl groups is 1. The molecule has 2 N–H and O–H groups in total. The number of benzene rings is 1. The molecule has 2 rings (SSSR count). The third-order valence-corrected chi connectivity index (χ3v) is 3.06. The largest absolute Gasteiger partial charge is 0.504 e. The maximum Gasteiger partial charge on any atom is 0.360 e. The van der Waals surface area contributed by atoms with Crippen molar-refractivity contribution < 1.29 is 15.0 Å². The number of carbonyl (C=O) groups is 1. The molecule has 0 atom stereocenters. The zero-order valence-corrected chi connectivity index (χ0v) is 11.2. The number of carboxylic acid groups (broad SMARTS) is 1. The Morgan fingerprint density at radius 3 is 2.78 bits per heavy atom. The van der Waals surface area contributed by atoms with Gasteiger partial charge < -0.3 is 10.2 Å². The van der Waals surface area contributed by atoms with Crippen molar-refractivity contribution in [1.82, 2.24) is 9.78 Å². The number of aryl methyl sites for hydroxylation is 1. The molecule has 18 heavy (non-hydrogen) atoms. The normalized spacial score (nSPS) is 10.6. The number of hydrogen-bond donors (Lipinski definition) is 2. The number of hydrogen-bond acceptors (Lipinski definition) is 3. The highest BCUT2D eigenvalue weighted by atomic mass is 79.9. The van der Waals surface area contributed by atoms with Gasteiger partial charge in [0.05, 0.1) is 11.9 Å². The van der Waals surface area contributed by atoms with Gasteiger partial charge in [0.15, 0.2) is 5.75 Å². The first-order chi connectivity index (χ1) is 8.52. The predicted octanol–water partition coefficient (Wildman–Crippen LogP) is 2.60. The highest BCUT2D eigenvalue weighted by Crippen LogP contribution is 2.23. The Kier molecular flexibility index (Phi) is 3.38. The van der Waals surface area contributed by atoms with Crippen LogP contribution in [0.1, 0.15) is 23.0 Å². The topological polar surface area (TPSA) is 75.4 Å². The van der Waals surface area contributed by atoms with Crippen LogP contribution < -0.4 is 0 Å². The lowest BCUT2D eigenvalue weighted by Crippen LogP contribution is -2.03. The van der Waals surface area contributed by atoms with E-state index in [1.54, 1.807) is 0 Å². The van der Waals surface area contributed by atoms with Crippen LogP contribution in [0.4, 0.5) is 0 Å². The fourth-order valence-corrected chi connectivity index (χ4v) is 2.11. The SMILES string of the molecule is CCc1cc(Br)ccc1-n1cc(O)c(C(=O)O)n1. The second-order valence-corrected chi connectivity index (χ2v) is 4.65. The number of nitrogens with zero attached hydrogens (tertiary/aromatic N) is 2. The Labute approximate surface area is 112 Å². The van der Waals surface area contributed by atoms with E-state index in [0.717, 1.165) is 22.1 Å². The summed E-state index contributed by atoms with van der Waals surface area (Å²) >= 11 is 3.38. The summed E-state index contributed by atoms with van der Waals surface area (Å²) in [5, 5.41) is 22.2. The molecule has 6 heteroatoms. The number of rotatable bonds is 3. The summed E-state index contributed by atoms with van der Waals surface area (Å²) in [5.74, 6) is -1.59. The van der Waals surface area contributed by atoms with Crippen LogP contribution in [0.5, 0.6) is 5.75 Å². The molecule has 0 aliphatic carbocycles. The zero-order valence-electron chi connectivity index (χ0n) is 9.59. The van der Waals surface area contributed by atoms with Gasteiger partial charge >= 0.3 is 5.97 Å². The van der Waals surface area contributed by atoms with Gasteiger partial charge in [0.25, 0.3) is 0 Å². The van der Waals surface area contributed by atoms with Crippen molar-refractivity contribution in [3.05, 3.63) is 40.1 Å². The minimum Gasteiger partial charge on any atom is -0.504 e. The van der Waals surface area contributed by atoms with E-state index in [1.807, 2.05) is 25.1 Å². The van der Waals surface area contributed by atoms with Crippen molar-refractivity contribution in [3.8, 4) is 11.4 Å². The monoisotopic (exact) mass is 310 g/mol. The lowest BCUT2D eigenvalue weighted by atomic mass is 10.1. The van der Waals surface area contributed by atoms with Gasteiger partial charge in [0, 0.05) is 4.47 Å². The van der Waals surface area contributed by atoms with Crippen LogP contribution in [0, 0.1) is 0 Å². The second-order valence-electron chi connectivity index (χ2n) is 3.74. The predicted molar refractivity (Wildman–Crippen MR) is 69.3 cm³/mol. The molecule has 0 spiro atoms. The minimum atomic E-state index is -1.25. The molecule has 0 saturated carbocycles. The summed E-state index contributed by atoms with van der Waals surface area (Å²) in [5.41, 5.74) is 1.41. The Balaban J connectivity index is 2.55. The molecular formula is C12H11BrN2O3. The van der Waals surface area contributed by atoms with Crippen LogP contribution >= 0.6 is 15.9 Å². The molecule has 1 aromatic carbocycles. The van der Waals surface area contributed by atoms with Crippen LogP contribution in [-0.2, 0) is 6.42 Å². The number of aromatic nitrogens is 2. The molecule has 1 aromatic heterocycles. The van der Waals surface area contributed by atoms with Gasteiger partial charge in [-0.1, -0.05) is 22.9 Å². The van der Waals surface area contributed by atoms with E-state index in [-0.39, 0.29) is 11.4 Å². The van der Waals surface area contributed by atoms with Gasteiger partial charge in [0.1, 0.15) is 0 Å². The van der Waals surface area contributed by atoms with E-state index >= 15 is 0 Å². The Bertz CT molecular complexity index is 607. The summed E-state index contributed by atoms with van der Waals surface area (Å²) in [6, 6.07) is 5.60. The molecule has 0 bridgehead atoms. The van der Waals surface area contributed by atoms with Crippen molar-refractivity contribution in [2.75, 3.05) is 0 Å². The smallest absolute Gasteiger partial charge is 0.360 e. The number of carboxylic acids is 1. The van der Waals surface area contributed by atoms with E-state index in [9.17, 15) is 9.90 Å². The van der Waals surface area contributed by atoms with Crippen molar-refractivity contribution in [2.45, 2.75) is 13.3 Å². The third-order valence-electron chi connectivity index (χ3n) is 2.57. The van der Waals surface area contributed by atoms with Crippen LogP contribution in [0.3, 0.4) is 0 Å². The Morgan fingerprint density at radius 2 is 2.22 bits per heavy atom. The minimum absolute atomic E-state index is 0.340. The highest BCUT2D eigenvalue weighted by Gasteiger charge is 2.16. The average Bonchev–Trinajstić information content (AvgIpc) is 2.71.